The molecule has 0 aliphatic carbocycles. The Labute approximate surface area is 134 Å². The largest absolute Gasteiger partial charge is 0.335 e. The summed E-state index contributed by atoms with van der Waals surface area (Å²) in [5.41, 5.74) is 3.17. The number of hydrogen-bond acceptors (Lipinski definition) is 4. The number of sulfone groups is 1. The summed E-state index contributed by atoms with van der Waals surface area (Å²) in [6, 6.07) is 8.52. The van der Waals surface area contributed by atoms with Gasteiger partial charge in [0.05, 0.1) is 22.8 Å². The number of carbonyl (C=O) groups is 1. The average Bonchev–Trinajstić information content (AvgIpc) is 2.79. The third kappa shape index (κ3) is 5.50. The van der Waals surface area contributed by atoms with Crippen molar-refractivity contribution in [1.82, 2.24) is 10.7 Å². The van der Waals surface area contributed by atoms with Gasteiger partial charge in [0.15, 0.2) is 9.84 Å². The quantitative estimate of drug-likeness (QED) is 0.646. The molecule has 0 bridgehead atoms. The maximum Gasteiger partial charge on any atom is 0.335 e. The lowest BCUT2D eigenvalue weighted by Crippen LogP contribution is -2.40. The van der Waals surface area contributed by atoms with Crippen molar-refractivity contribution in [2.45, 2.75) is 12.5 Å². The van der Waals surface area contributed by atoms with Crippen molar-refractivity contribution in [2.24, 2.45) is 5.10 Å². The fraction of sp³-hybridized carbons (Fsp3) is 0.286. The number of rotatable bonds is 4. The Morgan fingerprint density at radius 2 is 2.05 bits per heavy atom. The number of urea groups is 1. The van der Waals surface area contributed by atoms with Gasteiger partial charge < -0.3 is 5.32 Å². The highest BCUT2D eigenvalue weighted by molar-refractivity contribution is 7.91. The van der Waals surface area contributed by atoms with Crippen molar-refractivity contribution in [3.63, 3.8) is 0 Å². The minimum absolute atomic E-state index is 0.0290. The molecule has 1 aliphatic rings. The summed E-state index contributed by atoms with van der Waals surface area (Å²) in [7, 11) is -3.02. The Bertz CT molecular complexity index is 687. The molecule has 1 heterocycles. The molecular weight excluding hydrogens is 326 g/mol. The summed E-state index contributed by atoms with van der Waals surface area (Å²) in [6.45, 7) is 0. The molecule has 1 aliphatic heterocycles. The predicted octanol–water partition coefficient (Wildman–Crippen LogP) is 1.74. The van der Waals surface area contributed by atoms with Crippen LogP contribution in [0.25, 0.3) is 6.08 Å². The molecule has 0 aromatic heterocycles. The molecule has 0 radical (unpaired) electrons. The molecule has 22 heavy (non-hydrogen) atoms. The minimum atomic E-state index is -3.02. The first-order chi connectivity index (χ1) is 10.4. The van der Waals surface area contributed by atoms with Crippen molar-refractivity contribution < 1.29 is 13.2 Å². The fourth-order valence-electron chi connectivity index (χ4n) is 2.02. The molecule has 2 rings (SSSR count). The second-order valence-electron chi connectivity index (χ2n) is 4.88. The van der Waals surface area contributed by atoms with Crippen LogP contribution in [0.3, 0.4) is 0 Å². The smallest absolute Gasteiger partial charge is 0.333 e. The van der Waals surface area contributed by atoms with E-state index in [2.05, 4.69) is 15.8 Å². The van der Waals surface area contributed by atoms with E-state index in [1.807, 2.05) is 30.3 Å². The first kappa shape index (κ1) is 16.5. The van der Waals surface area contributed by atoms with E-state index >= 15 is 0 Å². The molecule has 2 amide bonds. The Balaban J connectivity index is 1.79. The monoisotopic (exact) mass is 341 g/mol. The van der Waals surface area contributed by atoms with Crippen LogP contribution >= 0.6 is 11.6 Å². The summed E-state index contributed by atoms with van der Waals surface area (Å²) in [4.78, 5) is 11.6. The van der Waals surface area contributed by atoms with Crippen molar-refractivity contribution in [3.05, 3.63) is 40.9 Å². The molecule has 0 spiro atoms. The van der Waals surface area contributed by atoms with E-state index in [9.17, 15) is 13.2 Å². The molecule has 6 nitrogen and oxygen atoms in total. The van der Waals surface area contributed by atoms with E-state index in [1.165, 1.54) is 6.21 Å². The Morgan fingerprint density at radius 1 is 1.32 bits per heavy atom. The summed E-state index contributed by atoms with van der Waals surface area (Å²) in [5.74, 6) is 0.0751. The first-order valence-electron chi connectivity index (χ1n) is 6.67. The lowest BCUT2D eigenvalue weighted by atomic mass is 10.2. The van der Waals surface area contributed by atoms with E-state index in [4.69, 9.17) is 11.6 Å². The topological polar surface area (TPSA) is 87.6 Å². The number of halogens is 1. The number of benzene rings is 1. The van der Waals surface area contributed by atoms with E-state index in [-0.39, 0.29) is 17.5 Å². The zero-order valence-electron chi connectivity index (χ0n) is 11.7. The highest BCUT2D eigenvalue weighted by Crippen LogP contribution is 2.11. The standard InChI is InChI=1S/C14H16ClN3O3S/c15-12(8-11-4-2-1-3-5-11)9-16-18-14(19)17-13-6-7-22(20,21)10-13/h1-5,8-9,13H,6-7,10H2,(H2,17,18,19)/b12-8-,16-9+. The van der Waals surface area contributed by atoms with Gasteiger partial charge >= 0.3 is 6.03 Å². The van der Waals surface area contributed by atoms with Gasteiger partial charge in [-0.3, -0.25) is 0 Å². The number of hydrogen-bond donors (Lipinski definition) is 2. The molecular formula is C14H16ClN3O3S. The maximum atomic E-state index is 11.6. The Morgan fingerprint density at radius 3 is 2.68 bits per heavy atom. The van der Waals surface area contributed by atoms with E-state index in [0.717, 1.165) is 5.56 Å². The van der Waals surface area contributed by atoms with Crippen LogP contribution in [-0.2, 0) is 9.84 Å². The predicted molar refractivity (Wildman–Crippen MR) is 87.5 cm³/mol. The van der Waals surface area contributed by atoms with Gasteiger partial charge in [-0.15, -0.1) is 0 Å². The third-order valence-electron chi connectivity index (χ3n) is 3.03. The molecule has 1 atom stereocenters. The molecule has 1 saturated heterocycles. The molecule has 2 N–H and O–H groups in total. The Kier molecular flexibility index (Phi) is 5.57. The van der Waals surface area contributed by atoms with Gasteiger partial charge in [-0.2, -0.15) is 5.10 Å². The van der Waals surface area contributed by atoms with Gasteiger partial charge in [-0.05, 0) is 18.1 Å². The van der Waals surface area contributed by atoms with E-state index in [0.29, 0.717) is 11.5 Å². The zero-order chi connectivity index (χ0) is 16.0. The number of hydrazone groups is 1. The molecule has 0 saturated carbocycles. The normalized spacial score (nSPS) is 21.0. The van der Waals surface area contributed by atoms with Gasteiger partial charge in [0.2, 0.25) is 0 Å². The van der Waals surface area contributed by atoms with Crippen LogP contribution in [0, 0.1) is 0 Å². The lowest BCUT2D eigenvalue weighted by Gasteiger charge is -2.09. The lowest BCUT2D eigenvalue weighted by molar-refractivity contribution is 0.238. The van der Waals surface area contributed by atoms with Crippen molar-refractivity contribution in [2.75, 3.05) is 11.5 Å². The highest BCUT2D eigenvalue weighted by atomic mass is 35.5. The van der Waals surface area contributed by atoms with Gasteiger partial charge in [0.25, 0.3) is 0 Å². The SMILES string of the molecule is O=C(N/N=C/C(Cl)=C/c1ccccc1)NC1CCS(=O)(=O)C1. The van der Waals surface area contributed by atoms with Crippen LogP contribution < -0.4 is 10.7 Å². The van der Waals surface area contributed by atoms with Crippen LogP contribution in [0.2, 0.25) is 0 Å². The van der Waals surface area contributed by atoms with Crippen molar-refractivity contribution >= 4 is 39.8 Å². The van der Waals surface area contributed by atoms with Gasteiger partial charge in [0.1, 0.15) is 0 Å². The number of allylic oxidation sites excluding steroid dienone is 1. The number of nitrogens with zero attached hydrogens (tertiary/aromatic N) is 1. The van der Waals surface area contributed by atoms with E-state index < -0.39 is 15.9 Å². The van der Waals surface area contributed by atoms with Crippen LogP contribution in [0.4, 0.5) is 4.79 Å². The van der Waals surface area contributed by atoms with Crippen molar-refractivity contribution in [1.29, 1.82) is 0 Å². The van der Waals surface area contributed by atoms with Crippen LogP contribution in [0.5, 0.6) is 0 Å². The molecule has 1 fully saturated rings. The zero-order valence-corrected chi connectivity index (χ0v) is 13.3. The van der Waals surface area contributed by atoms with Gasteiger partial charge in [0, 0.05) is 6.04 Å². The molecule has 118 valence electrons. The summed E-state index contributed by atoms with van der Waals surface area (Å²) in [5, 5.41) is 6.62. The highest BCUT2D eigenvalue weighted by Gasteiger charge is 2.28. The van der Waals surface area contributed by atoms with E-state index in [1.54, 1.807) is 6.08 Å². The van der Waals surface area contributed by atoms with Crippen LogP contribution in [0.15, 0.2) is 40.5 Å². The number of carbonyl (C=O) groups excluding carboxylic acids is 1. The minimum Gasteiger partial charge on any atom is -0.333 e. The average molecular weight is 342 g/mol. The summed E-state index contributed by atoms with van der Waals surface area (Å²) < 4.78 is 22.5. The van der Waals surface area contributed by atoms with Crippen molar-refractivity contribution in [3.8, 4) is 0 Å². The summed E-state index contributed by atoms with van der Waals surface area (Å²) >= 11 is 5.97. The second kappa shape index (κ2) is 7.42. The molecule has 1 aromatic rings. The first-order valence-corrected chi connectivity index (χ1v) is 8.87. The molecule has 1 aromatic carbocycles. The fourth-order valence-corrected chi connectivity index (χ4v) is 3.87. The molecule has 8 heteroatoms. The number of amides is 2. The summed E-state index contributed by atoms with van der Waals surface area (Å²) in [6.07, 6.45) is 3.43. The van der Waals surface area contributed by atoms with Gasteiger partial charge in [-0.25, -0.2) is 18.6 Å². The second-order valence-corrected chi connectivity index (χ2v) is 7.55. The number of nitrogens with one attached hydrogen (secondary N) is 2. The van der Waals surface area contributed by atoms with Gasteiger partial charge in [-0.1, -0.05) is 41.9 Å². The van der Waals surface area contributed by atoms with Crippen LogP contribution in [0.1, 0.15) is 12.0 Å². The Hall–Kier alpha value is -1.86. The third-order valence-corrected chi connectivity index (χ3v) is 5.00. The maximum absolute atomic E-state index is 11.6. The molecule has 1 unspecified atom stereocenters. The van der Waals surface area contributed by atoms with Crippen LogP contribution in [-0.4, -0.2) is 38.2 Å².